The second-order valence-corrected chi connectivity index (χ2v) is 4.60. The van der Waals surface area contributed by atoms with Gasteiger partial charge in [0, 0.05) is 18.9 Å². The largest absolute Gasteiger partial charge is 0.423 e. The maximum absolute atomic E-state index is 11.9. The van der Waals surface area contributed by atoms with Crippen molar-refractivity contribution in [2.24, 2.45) is 0 Å². The molecule has 2 heterocycles. The third-order valence-electron chi connectivity index (χ3n) is 3.20. The minimum absolute atomic E-state index is 0.162. The summed E-state index contributed by atoms with van der Waals surface area (Å²) in [5.74, 6) is -0.323. The molecule has 0 saturated carbocycles. The summed E-state index contributed by atoms with van der Waals surface area (Å²) in [5.41, 5.74) is 0.295. The summed E-state index contributed by atoms with van der Waals surface area (Å²) in [6.45, 7) is 0.536. The van der Waals surface area contributed by atoms with Gasteiger partial charge in [-0.05, 0) is 0 Å². The maximum atomic E-state index is 11.9. The molecule has 0 bridgehead atoms. The van der Waals surface area contributed by atoms with E-state index in [1.165, 1.54) is 17.9 Å². The Hall–Kier alpha value is -2.80. The normalized spacial score (nSPS) is 11.0. The predicted octanol–water partition coefficient (Wildman–Crippen LogP) is 1.06. The summed E-state index contributed by atoms with van der Waals surface area (Å²) in [4.78, 5) is 32.2. The molecular weight excluding hydrogens is 286 g/mol. The van der Waals surface area contributed by atoms with Gasteiger partial charge in [-0.1, -0.05) is 30.3 Å². The number of rotatable bonds is 4. The molecule has 0 aliphatic carbocycles. The summed E-state index contributed by atoms with van der Waals surface area (Å²) in [6, 6.07) is 9.31. The van der Waals surface area contributed by atoms with Crippen molar-refractivity contribution in [2.75, 3.05) is 13.7 Å². The van der Waals surface area contributed by atoms with Crippen LogP contribution >= 0.6 is 0 Å². The van der Waals surface area contributed by atoms with Gasteiger partial charge < -0.3 is 9.15 Å². The Morgan fingerprint density at radius 1 is 1.23 bits per heavy atom. The molecule has 22 heavy (non-hydrogen) atoms. The average Bonchev–Trinajstić information content (AvgIpc) is 2.55. The van der Waals surface area contributed by atoms with Gasteiger partial charge in [-0.25, -0.2) is 19.6 Å². The molecule has 0 amide bonds. The average molecular weight is 299 g/mol. The molecular formula is C15H13N3O4. The third kappa shape index (κ3) is 2.53. The van der Waals surface area contributed by atoms with Crippen LogP contribution in [-0.4, -0.2) is 28.3 Å². The first-order valence-electron chi connectivity index (χ1n) is 6.66. The van der Waals surface area contributed by atoms with E-state index in [0.29, 0.717) is 12.4 Å². The molecule has 0 aliphatic heterocycles. The monoisotopic (exact) mass is 299 g/mol. The van der Waals surface area contributed by atoms with Crippen LogP contribution in [0.1, 0.15) is 0 Å². The first-order chi connectivity index (χ1) is 10.7. The molecule has 2 aromatic heterocycles. The Labute approximate surface area is 124 Å². The number of nitrogens with zero attached hydrogens (tertiary/aromatic N) is 3. The van der Waals surface area contributed by atoms with Crippen LogP contribution in [0.4, 0.5) is 0 Å². The van der Waals surface area contributed by atoms with Gasteiger partial charge in [0.2, 0.25) is 0 Å². The number of hydrogen-bond acceptors (Lipinski definition) is 6. The minimum atomic E-state index is -0.757. The van der Waals surface area contributed by atoms with Gasteiger partial charge in [-0.15, -0.1) is 0 Å². The highest BCUT2D eigenvalue weighted by atomic mass is 16.5. The fraction of sp³-hybridized carbons (Fsp3) is 0.200. The Balaban J connectivity index is 2.25. The van der Waals surface area contributed by atoms with Crippen molar-refractivity contribution < 1.29 is 9.15 Å². The van der Waals surface area contributed by atoms with Crippen LogP contribution in [0.25, 0.3) is 22.4 Å². The predicted molar refractivity (Wildman–Crippen MR) is 79.6 cm³/mol. The van der Waals surface area contributed by atoms with Crippen molar-refractivity contribution in [3.05, 3.63) is 57.5 Å². The number of methoxy groups -OCH3 is 1. The van der Waals surface area contributed by atoms with Crippen LogP contribution in [0, 0.1) is 0 Å². The number of fused-ring (bicyclic) bond motifs is 1. The molecule has 3 aromatic rings. The fourth-order valence-corrected chi connectivity index (χ4v) is 2.10. The molecule has 0 saturated heterocycles. The van der Waals surface area contributed by atoms with E-state index < -0.39 is 11.4 Å². The van der Waals surface area contributed by atoms with E-state index in [1.54, 1.807) is 0 Å². The molecule has 0 radical (unpaired) electrons. The van der Waals surface area contributed by atoms with E-state index >= 15 is 0 Å². The zero-order valence-electron chi connectivity index (χ0n) is 11.9. The van der Waals surface area contributed by atoms with Gasteiger partial charge in [0.15, 0.2) is 11.5 Å². The van der Waals surface area contributed by atoms with Gasteiger partial charge in [0.1, 0.15) is 5.39 Å². The van der Waals surface area contributed by atoms with Crippen LogP contribution < -0.4 is 11.4 Å². The van der Waals surface area contributed by atoms with Crippen molar-refractivity contribution in [3.63, 3.8) is 0 Å². The molecule has 1 aromatic carbocycles. The highest BCUT2D eigenvalue weighted by Gasteiger charge is 2.13. The number of benzene rings is 1. The lowest BCUT2D eigenvalue weighted by atomic mass is 10.2. The van der Waals surface area contributed by atoms with Crippen LogP contribution in [-0.2, 0) is 11.3 Å². The summed E-state index contributed by atoms with van der Waals surface area (Å²) >= 11 is 0. The van der Waals surface area contributed by atoms with Crippen LogP contribution in [0.2, 0.25) is 0 Å². The maximum Gasteiger partial charge on any atom is 0.423 e. The number of aromatic nitrogens is 3. The van der Waals surface area contributed by atoms with Crippen molar-refractivity contribution in [3.8, 4) is 11.4 Å². The fourth-order valence-electron chi connectivity index (χ4n) is 2.10. The van der Waals surface area contributed by atoms with Gasteiger partial charge in [-0.3, -0.25) is 4.57 Å². The highest BCUT2D eigenvalue weighted by Crippen LogP contribution is 2.15. The van der Waals surface area contributed by atoms with Crippen molar-refractivity contribution in [1.82, 2.24) is 14.5 Å². The number of ether oxygens (including phenoxy) is 1. The zero-order valence-corrected chi connectivity index (χ0v) is 11.9. The molecule has 0 fully saturated rings. The summed E-state index contributed by atoms with van der Waals surface area (Å²) < 4.78 is 10.9. The van der Waals surface area contributed by atoms with E-state index in [4.69, 9.17) is 4.74 Å². The van der Waals surface area contributed by atoms with E-state index in [-0.39, 0.29) is 17.6 Å². The molecule has 112 valence electrons. The SMILES string of the molecule is COCCn1c(=O)oc(=O)c2cnc(-c3ccccc3)nc21. The lowest BCUT2D eigenvalue weighted by molar-refractivity contribution is 0.183. The van der Waals surface area contributed by atoms with Gasteiger partial charge in [-0.2, -0.15) is 0 Å². The molecule has 0 N–H and O–H groups in total. The Kier molecular flexibility index (Phi) is 3.80. The zero-order chi connectivity index (χ0) is 15.5. The summed E-state index contributed by atoms with van der Waals surface area (Å²) in [5, 5.41) is 0.162. The minimum Gasteiger partial charge on any atom is -0.383 e. The molecule has 0 unspecified atom stereocenters. The third-order valence-corrected chi connectivity index (χ3v) is 3.20. The molecule has 3 rings (SSSR count). The quantitative estimate of drug-likeness (QED) is 0.716. The summed E-state index contributed by atoms with van der Waals surface area (Å²) in [6.07, 6.45) is 1.37. The molecule has 7 heteroatoms. The lowest BCUT2D eigenvalue weighted by Crippen LogP contribution is -2.27. The van der Waals surface area contributed by atoms with Gasteiger partial charge >= 0.3 is 11.4 Å². The second-order valence-electron chi connectivity index (χ2n) is 4.60. The van der Waals surface area contributed by atoms with E-state index in [9.17, 15) is 9.59 Å². The van der Waals surface area contributed by atoms with Gasteiger partial charge in [0.25, 0.3) is 0 Å². The van der Waals surface area contributed by atoms with Crippen molar-refractivity contribution >= 4 is 11.0 Å². The van der Waals surface area contributed by atoms with E-state index in [2.05, 4.69) is 14.4 Å². The Morgan fingerprint density at radius 2 is 2.00 bits per heavy atom. The molecule has 0 spiro atoms. The smallest absolute Gasteiger partial charge is 0.383 e. The molecule has 0 aliphatic rings. The first-order valence-corrected chi connectivity index (χ1v) is 6.66. The first kappa shape index (κ1) is 14.2. The van der Waals surface area contributed by atoms with Crippen LogP contribution in [0.3, 0.4) is 0 Å². The van der Waals surface area contributed by atoms with Crippen molar-refractivity contribution in [1.29, 1.82) is 0 Å². The standard InChI is InChI=1S/C15H13N3O4/c1-21-8-7-18-13-11(14(19)22-15(18)20)9-16-12(17-13)10-5-3-2-4-6-10/h2-6,9H,7-8H2,1H3. The molecule has 7 nitrogen and oxygen atoms in total. The molecule has 0 atom stereocenters. The second kappa shape index (κ2) is 5.90. The van der Waals surface area contributed by atoms with Crippen LogP contribution in [0.15, 0.2) is 50.5 Å². The van der Waals surface area contributed by atoms with Crippen LogP contribution in [0.5, 0.6) is 0 Å². The summed E-state index contributed by atoms with van der Waals surface area (Å²) in [7, 11) is 1.52. The number of hydrogen-bond donors (Lipinski definition) is 0. The lowest BCUT2D eigenvalue weighted by Gasteiger charge is -2.08. The van der Waals surface area contributed by atoms with E-state index in [1.807, 2.05) is 30.3 Å². The van der Waals surface area contributed by atoms with Gasteiger partial charge in [0.05, 0.1) is 13.2 Å². The Morgan fingerprint density at radius 3 is 2.73 bits per heavy atom. The van der Waals surface area contributed by atoms with E-state index in [0.717, 1.165) is 5.56 Å². The van der Waals surface area contributed by atoms with Crippen molar-refractivity contribution in [2.45, 2.75) is 6.54 Å². The highest BCUT2D eigenvalue weighted by molar-refractivity contribution is 5.74. The topological polar surface area (TPSA) is 87.2 Å². The Bertz CT molecular complexity index is 915.